The normalized spacial score (nSPS) is 10.3. The Morgan fingerprint density at radius 1 is 1.45 bits per heavy atom. The summed E-state index contributed by atoms with van der Waals surface area (Å²) >= 11 is 1.46. The van der Waals surface area contributed by atoms with Gasteiger partial charge in [0.15, 0.2) is 0 Å². The number of carbonyl (C=O) groups excluding carboxylic acids is 1. The van der Waals surface area contributed by atoms with Crippen LogP contribution >= 0.6 is 11.8 Å². The zero-order chi connectivity index (χ0) is 14.5. The predicted molar refractivity (Wildman–Crippen MR) is 77.3 cm³/mol. The summed E-state index contributed by atoms with van der Waals surface area (Å²) in [7, 11) is 1.59. The van der Waals surface area contributed by atoms with E-state index in [1.54, 1.807) is 25.3 Å². The highest BCUT2D eigenvalue weighted by Crippen LogP contribution is 2.32. The lowest BCUT2D eigenvalue weighted by molar-refractivity contribution is 0.0952. The second-order valence-electron chi connectivity index (χ2n) is 3.92. The molecule has 0 aliphatic carbocycles. The minimum Gasteiger partial charge on any atom is -0.497 e. The summed E-state index contributed by atoms with van der Waals surface area (Å²) in [6.45, 7) is 0. The molecule has 1 heterocycles. The maximum atomic E-state index is 11.5. The third-order valence-corrected chi connectivity index (χ3v) is 3.77. The molecule has 0 aliphatic rings. The van der Waals surface area contributed by atoms with Gasteiger partial charge in [0.1, 0.15) is 11.5 Å². The third-order valence-electron chi connectivity index (χ3n) is 2.70. The van der Waals surface area contributed by atoms with Crippen LogP contribution in [0.5, 0.6) is 5.75 Å². The zero-order valence-electron chi connectivity index (χ0n) is 10.9. The number of ether oxygens (including phenoxy) is 1. The summed E-state index contributed by atoms with van der Waals surface area (Å²) in [5.41, 5.74) is 9.05. The molecular weight excluding hydrogens is 278 g/mol. The quantitative estimate of drug-likeness (QED) is 0.255. The van der Waals surface area contributed by atoms with E-state index in [4.69, 9.17) is 20.7 Å². The summed E-state index contributed by atoms with van der Waals surface area (Å²) in [6, 6.07) is 6.98. The van der Waals surface area contributed by atoms with E-state index in [0.29, 0.717) is 22.8 Å². The number of amides is 1. The van der Waals surface area contributed by atoms with Crippen LogP contribution in [0.1, 0.15) is 16.1 Å². The molecule has 0 fully saturated rings. The second-order valence-corrected chi connectivity index (χ2v) is 4.94. The highest BCUT2D eigenvalue weighted by atomic mass is 32.2. The van der Waals surface area contributed by atoms with Crippen LogP contribution in [0.3, 0.4) is 0 Å². The zero-order valence-corrected chi connectivity index (χ0v) is 11.7. The van der Waals surface area contributed by atoms with Gasteiger partial charge >= 0.3 is 0 Å². The molecule has 7 heteroatoms. The lowest BCUT2D eigenvalue weighted by Crippen LogP contribution is -2.30. The van der Waals surface area contributed by atoms with Crippen molar-refractivity contribution in [3.05, 3.63) is 41.9 Å². The summed E-state index contributed by atoms with van der Waals surface area (Å²) in [4.78, 5) is 12.4. The Labute approximate surface area is 120 Å². The van der Waals surface area contributed by atoms with E-state index in [0.717, 1.165) is 10.6 Å². The molecule has 1 aromatic carbocycles. The Morgan fingerprint density at radius 3 is 2.95 bits per heavy atom. The summed E-state index contributed by atoms with van der Waals surface area (Å²) < 4.78 is 10.4. The van der Waals surface area contributed by atoms with Crippen molar-refractivity contribution in [3.8, 4) is 5.75 Å². The maximum absolute atomic E-state index is 11.5. The van der Waals surface area contributed by atoms with E-state index in [2.05, 4.69) is 5.43 Å². The highest BCUT2D eigenvalue weighted by Gasteiger charge is 2.14. The molecule has 20 heavy (non-hydrogen) atoms. The van der Waals surface area contributed by atoms with E-state index in [-0.39, 0.29) is 5.91 Å². The molecule has 0 unspecified atom stereocenters. The fourth-order valence-corrected chi connectivity index (χ4v) is 2.59. The molecule has 1 amide bonds. The van der Waals surface area contributed by atoms with Crippen LogP contribution < -0.4 is 21.7 Å². The van der Waals surface area contributed by atoms with Crippen LogP contribution in [0.2, 0.25) is 0 Å². The number of nitrogen functional groups attached to an aromatic ring is 2. The maximum Gasteiger partial charge on any atom is 0.268 e. The van der Waals surface area contributed by atoms with Gasteiger partial charge in [0.2, 0.25) is 0 Å². The molecule has 0 aliphatic heterocycles. The Bertz CT molecular complexity index is 613. The third kappa shape index (κ3) is 3.06. The first kappa shape index (κ1) is 14.3. The number of rotatable bonds is 5. The van der Waals surface area contributed by atoms with E-state index in [9.17, 15) is 4.79 Å². The first-order valence-corrected chi connectivity index (χ1v) is 6.78. The lowest BCUT2D eigenvalue weighted by Gasteiger charge is -2.07. The van der Waals surface area contributed by atoms with Gasteiger partial charge in [0.05, 0.1) is 24.7 Å². The Morgan fingerprint density at radius 2 is 2.25 bits per heavy atom. The molecule has 0 saturated heterocycles. The molecule has 0 saturated carbocycles. The van der Waals surface area contributed by atoms with Crippen molar-refractivity contribution in [1.29, 1.82) is 0 Å². The highest BCUT2D eigenvalue weighted by molar-refractivity contribution is 7.98. The van der Waals surface area contributed by atoms with Gasteiger partial charge < -0.3 is 14.9 Å². The molecular formula is C13H15N3O3S. The molecule has 1 aromatic heterocycles. The molecule has 2 aromatic rings. The first-order valence-electron chi connectivity index (χ1n) is 5.79. The van der Waals surface area contributed by atoms with Crippen molar-refractivity contribution >= 4 is 23.4 Å². The van der Waals surface area contributed by atoms with Crippen molar-refractivity contribution < 1.29 is 13.9 Å². The van der Waals surface area contributed by atoms with Gasteiger partial charge in [-0.2, -0.15) is 0 Å². The summed E-state index contributed by atoms with van der Waals surface area (Å²) in [5, 5.41) is 0. The minimum absolute atomic E-state index is 0.382. The molecule has 0 spiro atoms. The number of hydrogen-bond donors (Lipinski definition) is 3. The van der Waals surface area contributed by atoms with Gasteiger partial charge in [-0.05, 0) is 24.3 Å². The number of nitrogens with two attached hydrogens (primary N) is 2. The topological polar surface area (TPSA) is 104 Å². The van der Waals surface area contributed by atoms with Crippen LogP contribution in [0.4, 0.5) is 5.69 Å². The molecule has 2 rings (SSSR count). The Kier molecular flexibility index (Phi) is 4.54. The lowest BCUT2D eigenvalue weighted by atomic mass is 10.2. The molecule has 0 radical (unpaired) electrons. The standard InChI is InChI=1S/C13H15N3O3S/c1-18-8-2-3-10(14)12(6-8)20-7-11-9(4-5-19-11)13(17)16-15/h2-6H,7,14-15H2,1H3,(H,16,17). The summed E-state index contributed by atoms with van der Waals surface area (Å²) in [6.07, 6.45) is 1.45. The van der Waals surface area contributed by atoms with Crippen LogP contribution in [-0.4, -0.2) is 13.0 Å². The van der Waals surface area contributed by atoms with Crippen molar-refractivity contribution in [2.75, 3.05) is 12.8 Å². The predicted octanol–water partition coefficient (Wildman–Crippen LogP) is 1.77. The average molecular weight is 293 g/mol. The van der Waals surface area contributed by atoms with Gasteiger partial charge in [-0.1, -0.05) is 0 Å². The molecule has 0 atom stereocenters. The van der Waals surface area contributed by atoms with Crippen molar-refractivity contribution in [2.45, 2.75) is 10.6 Å². The van der Waals surface area contributed by atoms with Gasteiger partial charge in [-0.3, -0.25) is 10.2 Å². The van der Waals surface area contributed by atoms with Gasteiger partial charge in [0, 0.05) is 10.6 Å². The Balaban J connectivity index is 2.13. The molecule has 106 valence electrons. The number of hydrazine groups is 1. The van der Waals surface area contributed by atoms with Gasteiger partial charge in [-0.15, -0.1) is 11.8 Å². The number of anilines is 1. The van der Waals surface area contributed by atoms with Crippen molar-refractivity contribution in [3.63, 3.8) is 0 Å². The van der Waals surface area contributed by atoms with Crippen LogP contribution in [0.15, 0.2) is 39.8 Å². The number of furan rings is 1. The van der Waals surface area contributed by atoms with Crippen LogP contribution in [0.25, 0.3) is 0 Å². The van der Waals surface area contributed by atoms with E-state index in [1.165, 1.54) is 18.0 Å². The fourth-order valence-electron chi connectivity index (χ4n) is 1.64. The number of carbonyl (C=O) groups is 1. The Hall–Kier alpha value is -2.12. The fraction of sp³-hybridized carbons (Fsp3) is 0.154. The largest absolute Gasteiger partial charge is 0.497 e. The number of hydrogen-bond acceptors (Lipinski definition) is 6. The molecule has 0 bridgehead atoms. The van der Waals surface area contributed by atoms with E-state index in [1.807, 2.05) is 6.07 Å². The van der Waals surface area contributed by atoms with Gasteiger partial charge in [0.25, 0.3) is 5.91 Å². The second kappa shape index (κ2) is 6.36. The SMILES string of the molecule is COc1ccc(N)c(SCc2occc2C(=O)NN)c1. The molecule has 5 N–H and O–H groups in total. The van der Waals surface area contributed by atoms with Crippen molar-refractivity contribution in [1.82, 2.24) is 5.43 Å². The van der Waals surface area contributed by atoms with Gasteiger partial charge in [-0.25, -0.2) is 5.84 Å². The first-order chi connectivity index (χ1) is 9.65. The monoisotopic (exact) mass is 293 g/mol. The van der Waals surface area contributed by atoms with Crippen molar-refractivity contribution in [2.24, 2.45) is 5.84 Å². The minimum atomic E-state index is -0.382. The van der Waals surface area contributed by atoms with Crippen LogP contribution in [0, 0.1) is 0 Å². The number of nitrogens with one attached hydrogen (secondary N) is 1. The summed E-state index contributed by atoms with van der Waals surface area (Å²) in [5.74, 6) is 6.47. The van der Waals surface area contributed by atoms with Crippen LogP contribution in [-0.2, 0) is 5.75 Å². The number of thioether (sulfide) groups is 1. The smallest absolute Gasteiger partial charge is 0.268 e. The van der Waals surface area contributed by atoms with E-state index >= 15 is 0 Å². The van der Waals surface area contributed by atoms with E-state index < -0.39 is 0 Å². The number of benzene rings is 1. The average Bonchev–Trinajstić information content (AvgIpc) is 2.94. The number of methoxy groups -OCH3 is 1. The molecule has 6 nitrogen and oxygen atoms in total.